The van der Waals surface area contributed by atoms with Gasteiger partial charge < -0.3 is 10.2 Å². The summed E-state index contributed by atoms with van der Waals surface area (Å²) in [6, 6.07) is 1.61. The van der Waals surface area contributed by atoms with E-state index in [1.54, 1.807) is 4.90 Å². The molecule has 3 rings (SSSR count). The van der Waals surface area contributed by atoms with Crippen molar-refractivity contribution in [2.24, 2.45) is 0 Å². The smallest absolute Gasteiger partial charge is 0.317 e. The van der Waals surface area contributed by atoms with Crippen LogP contribution in [0.3, 0.4) is 0 Å². The fraction of sp³-hybridized carbons (Fsp3) is 0.600. The van der Waals surface area contributed by atoms with Crippen LogP contribution in [0.15, 0.2) is 18.3 Å². The Morgan fingerprint density at radius 2 is 2.04 bits per heavy atom. The number of hydrogen-bond donors (Lipinski definition) is 1. The summed E-state index contributed by atoms with van der Waals surface area (Å²) in [7, 11) is 0. The van der Waals surface area contributed by atoms with Crippen LogP contribution in [-0.2, 0) is 6.18 Å². The van der Waals surface area contributed by atoms with Gasteiger partial charge in [0.2, 0.25) is 0 Å². The molecule has 1 N–H and O–H groups in total. The molecule has 0 saturated carbocycles. The lowest BCUT2D eigenvalue weighted by Gasteiger charge is -2.39. The van der Waals surface area contributed by atoms with Crippen LogP contribution in [0.1, 0.15) is 25.3 Å². The minimum absolute atomic E-state index is 0.0682. The molecule has 0 atom stereocenters. The number of nitrogens with zero attached hydrogens (tertiary/aromatic N) is 3. The average molecular weight is 328 g/mol. The maximum atomic E-state index is 12.9. The topological polar surface area (TPSA) is 48.5 Å². The molecule has 3 heterocycles. The molecule has 2 aliphatic rings. The molecule has 0 aromatic carbocycles. The van der Waals surface area contributed by atoms with Crippen molar-refractivity contribution in [2.45, 2.75) is 31.5 Å². The van der Waals surface area contributed by atoms with Gasteiger partial charge in [-0.05, 0) is 45.0 Å². The van der Waals surface area contributed by atoms with Crippen molar-refractivity contribution < 1.29 is 18.0 Å². The molecule has 126 valence electrons. The van der Waals surface area contributed by atoms with E-state index >= 15 is 0 Å². The van der Waals surface area contributed by atoms with Crippen molar-refractivity contribution in [3.05, 3.63) is 23.9 Å². The largest absolute Gasteiger partial charge is 0.416 e. The van der Waals surface area contributed by atoms with Crippen molar-refractivity contribution in [3.8, 4) is 0 Å². The first-order valence-electron chi connectivity index (χ1n) is 7.70. The van der Waals surface area contributed by atoms with Gasteiger partial charge in [-0.15, -0.1) is 0 Å². The zero-order valence-electron chi connectivity index (χ0n) is 12.9. The highest BCUT2D eigenvalue weighted by Crippen LogP contribution is 2.37. The molecule has 0 aliphatic carbocycles. The molecule has 2 aliphatic heterocycles. The lowest BCUT2D eigenvalue weighted by molar-refractivity contribution is -0.137. The summed E-state index contributed by atoms with van der Waals surface area (Å²) >= 11 is 0. The second kappa shape index (κ2) is 5.67. The molecule has 0 radical (unpaired) electrons. The number of anilines is 1. The van der Waals surface area contributed by atoms with Crippen LogP contribution in [0, 0.1) is 0 Å². The number of halogens is 3. The molecule has 5 nitrogen and oxygen atoms in total. The summed E-state index contributed by atoms with van der Waals surface area (Å²) in [5, 5.41) is 3.26. The number of hydrogen-bond acceptors (Lipinski definition) is 3. The zero-order chi connectivity index (χ0) is 16.7. The average Bonchev–Trinajstić information content (AvgIpc) is 2.79. The molecule has 8 heteroatoms. The Hall–Kier alpha value is -1.83. The predicted molar refractivity (Wildman–Crippen MR) is 79.2 cm³/mol. The van der Waals surface area contributed by atoms with Gasteiger partial charge in [-0.25, -0.2) is 9.78 Å². The highest BCUT2D eigenvalue weighted by Gasteiger charge is 2.50. The second-order valence-electron chi connectivity index (χ2n) is 5.99. The SMILES string of the molecule is CCN1C(=O)N(c2cc(C(F)(F)F)ccn2)CC12CCNCC2. The molecule has 2 saturated heterocycles. The number of carbonyl (C=O) groups is 1. The van der Waals surface area contributed by atoms with Gasteiger partial charge in [-0.2, -0.15) is 13.2 Å². The second-order valence-corrected chi connectivity index (χ2v) is 5.99. The highest BCUT2D eigenvalue weighted by molar-refractivity contribution is 5.94. The van der Waals surface area contributed by atoms with Gasteiger partial charge in [0.15, 0.2) is 0 Å². The number of rotatable bonds is 2. The molecule has 1 spiro atoms. The van der Waals surface area contributed by atoms with Crippen molar-refractivity contribution >= 4 is 11.8 Å². The van der Waals surface area contributed by atoms with E-state index in [2.05, 4.69) is 10.3 Å². The minimum Gasteiger partial charge on any atom is -0.317 e. The first-order valence-corrected chi connectivity index (χ1v) is 7.70. The molecule has 2 amide bonds. The van der Waals surface area contributed by atoms with Gasteiger partial charge in [-0.1, -0.05) is 0 Å². The molecule has 1 aromatic rings. The van der Waals surface area contributed by atoms with Crippen LogP contribution in [-0.4, -0.2) is 47.6 Å². The monoisotopic (exact) mass is 328 g/mol. The number of aromatic nitrogens is 1. The number of pyridine rings is 1. The molecule has 2 fully saturated rings. The Balaban J connectivity index is 1.93. The maximum Gasteiger partial charge on any atom is 0.416 e. The Labute approximate surface area is 132 Å². The predicted octanol–water partition coefficient (Wildman–Crippen LogP) is 2.48. The molecule has 0 unspecified atom stereocenters. The maximum absolute atomic E-state index is 12.9. The van der Waals surface area contributed by atoms with Crippen molar-refractivity contribution in [1.29, 1.82) is 0 Å². The van der Waals surface area contributed by atoms with Crippen LogP contribution < -0.4 is 10.2 Å². The zero-order valence-corrected chi connectivity index (χ0v) is 12.9. The van der Waals surface area contributed by atoms with E-state index in [4.69, 9.17) is 0 Å². The van der Waals surface area contributed by atoms with Crippen LogP contribution >= 0.6 is 0 Å². The molecular formula is C15H19F3N4O. The lowest BCUT2D eigenvalue weighted by Crippen LogP contribution is -2.53. The first kappa shape index (κ1) is 16.0. The van der Waals surface area contributed by atoms with Gasteiger partial charge in [0.25, 0.3) is 0 Å². The van der Waals surface area contributed by atoms with Gasteiger partial charge in [0.1, 0.15) is 5.82 Å². The van der Waals surface area contributed by atoms with E-state index in [-0.39, 0.29) is 17.4 Å². The van der Waals surface area contributed by atoms with E-state index in [0.29, 0.717) is 13.1 Å². The van der Waals surface area contributed by atoms with E-state index in [1.165, 1.54) is 4.90 Å². The number of nitrogens with one attached hydrogen (secondary N) is 1. The normalized spacial score (nSPS) is 21.3. The van der Waals surface area contributed by atoms with Crippen molar-refractivity contribution in [2.75, 3.05) is 31.1 Å². The Morgan fingerprint density at radius 1 is 1.35 bits per heavy atom. The third-order valence-electron chi connectivity index (χ3n) is 4.69. The number of urea groups is 1. The summed E-state index contributed by atoms with van der Waals surface area (Å²) in [5.41, 5.74) is -1.10. The molecule has 1 aromatic heterocycles. The summed E-state index contributed by atoms with van der Waals surface area (Å²) in [6.07, 6.45) is -1.75. The number of likely N-dealkylation sites (N-methyl/N-ethyl adjacent to an activating group) is 1. The summed E-state index contributed by atoms with van der Waals surface area (Å²) in [4.78, 5) is 19.8. The minimum atomic E-state index is -4.45. The van der Waals surface area contributed by atoms with Crippen LogP contribution in [0.4, 0.5) is 23.8 Å². The summed E-state index contributed by atoms with van der Waals surface area (Å²) < 4.78 is 38.7. The Bertz CT molecular complexity index is 599. The Kier molecular flexibility index (Phi) is 3.95. The fourth-order valence-corrected chi connectivity index (χ4v) is 3.51. The van der Waals surface area contributed by atoms with Gasteiger partial charge in [0, 0.05) is 12.7 Å². The Morgan fingerprint density at radius 3 is 2.65 bits per heavy atom. The van der Waals surface area contributed by atoms with Crippen molar-refractivity contribution in [1.82, 2.24) is 15.2 Å². The van der Waals surface area contributed by atoms with E-state index < -0.39 is 11.7 Å². The number of piperidine rings is 1. The molecule has 23 heavy (non-hydrogen) atoms. The van der Waals surface area contributed by atoms with E-state index in [1.807, 2.05) is 6.92 Å². The quantitative estimate of drug-likeness (QED) is 0.907. The van der Waals surface area contributed by atoms with Gasteiger partial charge in [0.05, 0.1) is 17.6 Å². The molecule has 0 bridgehead atoms. The lowest BCUT2D eigenvalue weighted by atomic mass is 9.87. The van der Waals surface area contributed by atoms with Crippen molar-refractivity contribution in [3.63, 3.8) is 0 Å². The fourth-order valence-electron chi connectivity index (χ4n) is 3.51. The number of alkyl halides is 3. The van der Waals surface area contributed by atoms with Gasteiger partial charge in [-0.3, -0.25) is 4.90 Å². The third-order valence-corrected chi connectivity index (χ3v) is 4.69. The standard InChI is InChI=1S/C15H19F3N4O/c1-2-22-13(23)21(10-14(22)4-7-19-8-5-14)12-9-11(3-6-20-12)15(16,17)18/h3,6,9,19H,2,4-5,7-8,10H2,1H3. The number of amides is 2. The van der Waals surface area contributed by atoms with E-state index in [9.17, 15) is 18.0 Å². The highest BCUT2D eigenvalue weighted by atomic mass is 19.4. The van der Waals surface area contributed by atoms with Gasteiger partial charge >= 0.3 is 12.2 Å². The first-order chi connectivity index (χ1) is 10.9. The summed E-state index contributed by atoms with van der Waals surface area (Å²) in [6.45, 7) is 4.41. The number of carbonyl (C=O) groups excluding carboxylic acids is 1. The summed E-state index contributed by atoms with van der Waals surface area (Å²) in [5.74, 6) is 0.0682. The van der Waals surface area contributed by atoms with Crippen LogP contribution in [0.5, 0.6) is 0 Å². The van der Waals surface area contributed by atoms with E-state index in [0.717, 1.165) is 44.3 Å². The van der Waals surface area contributed by atoms with Crippen LogP contribution in [0.25, 0.3) is 0 Å². The third kappa shape index (κ3) is 2.75. The van der Waals surface area contributed by atoms with Crippen LogP contribution in [0.2, 0.25) is 0 Å². The molecular weight excluding hydrogens is 309 g/mol.